The molecule has 0 spiro atoms. The van der Waals surface area contributed by atoms with Gasteiger partial charge in [0, 0.05) is 24.2 Å². The van der Waals surface area contributed by atoms with Crippen LogP contribution in [0.5, 0.6) is 5.75 Å². The molecule has 0 saturated carbocycles. The molecule has 1 aromatic carbocycles. The maximum Gasteiger partial charge on any atom is 0.220 e. The summed E-state index contributed by atoms with van der Waals surface area (Å²) in [6.45, 7) is 1.92. The molecule has 1 heterocycles. The van der Waals surface area contributed by atoms with E-state index >= 15 is 0 Å². The highest BCUT2D eigenvalue weighted by atomic mass is 35.5. The van der Waals surface area contributed by atoms with Gasteiger partial charge >= 0.3 is 0 Å². The number of nitrogens with zero attached hydrogens (tertiary/aromatic N) is 2. The first-order chi connectivity index (χ1) is 9.13. The van der Waals surface area contributed by atoms with Crippen molar-refractivity contribution in [2.75, 3.05) is 12.8 Å². The van der Waals surface area contributed by atoms with E-state index in [2.05, 4.69) is 9.97 Å². The summed E-state index contributed by atoms with van der Waals surface area (Å²) in [7, 11) is 1.66. The SMILES string of the molecule is COc1cc(CCl)ccc1Cc1cnc(N)nc1C. The van der Waals surface area contributed by atoms with E-state index in [1.165, 1.54) is 0 Å². The molecule has 5 heteroatoms. The summed E-state index contributed by atoms with van der Waals surface area (Å²) in [6, 6.07) is 5.97. The third-order valence-corrected chi connectivity index (χ3v) is 3.29. The summed E-state index contributed by atoms with van der Waals surface area (Å²) in [5, 5.41) is 0. The molecule has 0 amide bonds. The van der Waals surface area contributed by atoms with Crippen molar-refractivity contribution in [3.63, 3.8) is 0 Å². The number of rotatable bonds is 4. The molecular formula is C14H16ClN3O. The molecule has 2 N–H and O–H groups in total. The van der Waals surface area contributed by atoms with E-state index in [1.54, 1.807) is 13.3 Å². The van der Waals surface area contributed by atoms with Gasteiger partial charge in [0.2, 0.25) is 5.95 Å². The van der Waals surface area contributed by atoms with Gasteiger partial charge in [-0.15, -0.1) is 11.6 Å². The van der Waals surface area contributed by atoms with Crippen LogP contribution >= 0.6 is 11.6 Å². The normalized spacial score (nSPS) is 10.5. The van der Waals surface area contributed by atoms with Crippen LogP contribution in [0.15, 0.2) is 24.4 Å². The topological polar surface area (TPSA) is 61.0 Å². The highest BCUT2D eigenvalue weighted by Crippen LogP contribution is 2.24. The molecule has 0 aliphatic carbocycles. The first-order valence-corrected chi connectivity index (χ1v) is 6.47. The lowest BCUT2D eigenvalue weighted by molar-refractivity contribution is 0.410. The van der Waals surface area contributed by atoms with Gasteiger partial charge in [0.15, 0.2) is 0 Å². The van der Waals surface area contributed by atoms with Crippen molar-refractivity contribution in [1.82, 2.24) is 9.97 Å². The Bertz CT molecular complexity index is 587. The van der Waals surface area contributed by atoms with Crippen molar-refractivity contribution < 1.29 is 4.74 Å². The molecule has 0 aliphatic heterocycles. The van der Waals surface area contributed by atoms with Crippen LogP contribution in [0, 0.1) is 6.92 Å². The van der Waals surface area contributed by atoms with E-state index in [9.17, 15) is 0 Å². The van der Waals surface area contributed by atoms with Crippen molar-refractivity contribution in [3.8, 4) is 5.75 Å². The number of halogens is 1. The van der Waals surface area contributed by atoms with Crippen LogP contribution < -0.4 is 10.5 Å². The second-order valence-corrected chi connectivity index (χ2v) is 4.56. The summed E-state index contributed by atoms with van der Waals surface area (Å²) >= 11 is 5.82. The van der Waals surface area contributed by atoms with Gasteiger partial charge in [-0.2, -0.15) is 0 Å². The number of anilines is 1. The molecule has 2 aromatic rings. The number of hydrogen-bond acceptors (Lipinski definition) is 4. The van der Waals surface area contributed by atoms with E-state index in [0.717, 1.165) is 28.1 Å². The number of methoxy groups -OCH3 is 1. The Morgan fingerprint density at radius 1 is 1.32 bits per heavy atom. The minimum absolute atomic E-state index is 0.297. The Morgan fingerprint density at radius 3 is 2.74 bits per heavy atom. The number of alkyl halides is 1. The van der Waals surface area contributed by atoms with E-state index < -0.39 is 0 Å². The summed E-state index contributed by atoms with van der Waals surface area (Å²) < 4.78 is 5.40. The number of hydrogen-bond donors (Lipinski definition) is 1. The molecule has 0 atom stereocenters. The van der Waals surface area contributed by atoms with Crippen LogP contribution in [-0.4, -0.2) is 17.1 Å². The van der Waals surface area contributed by atoms with Crippen LogP contribution in [0.1, 0.15) is 22.4 Å². The quantitative estimate of drug-likeness (QED) is 0.873. The number of ether oxygens (including phenoxy) is 1. The summed E-state index contributed by atoms with van der Waals surface area (Å²) in [5.41, 5.74) is 9.58. The smallest absolute Gasteiger partial charge is 0.220 e. The first kappa shape index (κ1) is 13.6. The number of nitrogen functional groups attached to an aromatic ring is 1. The fourth-order valence-corrected chi connectivity index (χ4v) is 2.07. The lowest BCUT2D eigenvalue weighted by Crippen LogP contribution is -2.02. The molecule has 1 aromatic heterocycles. The van der Waals surface area contributed by atoms with Gasteiger partial charge in [0.25, 0.3) is 0 Å². The van der Waals surface area contributed by atoms with Crippen LogP contribution in [-0.2, 0) is 12.3 Å². The molecule has 0 fully saturated rings. The van der Waals surface area contributed by atoms with E-state index in [-0.39, 0.29) is 0 Å². The van der Waals surface area contributed by atoms with Crippen molar-refractivity contribution in [2.24, 2.45) is 0 Å². The molecule has 0 radical (unpaired) electrons. The van der Waals surface area contributed by atoms with Crippen LogP contribution in [0.3, 0.4) is 0 Å². The minimum atomic E-state index is 0.297. The standard InChI is InChI=1S/C14H16ClN3O/c1-9-12(8-17-14(16)18-9)6-11-4-3-10(7-15)5-13(11)19-2/h3-5,8H,6-7H2,1-2H3,(H2,16,17,18). The largest absolute Gasteiger partial charge is 0.496 e. The van der Waals surface area contributed by atoms with Gasteiger partial charge in [-0.1, -0.05) is 12.1 Å². The Labute approximate surface area is 117 Å². The Balaban J connectivity index is 2.32. The van der Waals surface area contributed by atoms with E-state index in [0.29, 0.717) is 18.2 Å². The minimum Gasteiger partial charge on any atom is -0.496 e. The molecule has 100 valence electrons. The zero-order chi connectivity index (χ0) is 13.8. The second kappa shape index (κ2) is 5.89. The number of nitrogens with two attached hydrogens (primary N) is 1. The lowest BCUT2D eigenvalue weighted by Gasteiger charge is -2.11. The maximum atomic E-state index is 5.82. The van der Waals surface area contributed by atoms with Crippen molar-refractivity contribution in [2.45, 2.75) is 19.2 Å². The second-order valence-electron chi connectivity index (χ2n) is 4.30. The third kappa shape index (κ3) is 3.15. The van der Waals surface area contributed by atoms with E-state index in [4.69, 9.17) is 22.1 Å². The Hall–Kier alpha value is -1.81. The van der Waals surface area contributed by atoms with Crippen LogP contribution in [0.2, 0.25) is 0 Å². The molecule has 4 nitrogen and oxygen atoms in total. The number of benzene rings is 1. The first-order valence-electron chi connectivity index (χ1n) is 5.93. The summed E-state index contributed by atoms with van der Waals surface area (Å²) in [6.07, 6.45) is 2.46. The average molecular weight is 278 g/mol. The molecule has 0 unspecified atom stereocenters. The lowest BCUT2D eigenvalue weighted by atomic mass is 10.0. The van der Waals surface area contributed by atoms with Gasteiger partial charge in [0.1, 0.15) is 5.75 Å². The number of aromatic nitrogens is 2. The Kier molecular flexibility index (Phi) is 4.22. The highest BCUT2D eigenvalue weighted by molar-refractivity contribution is 6.17. The van der Waals surface area contributed by atoms with Crippen molar-refractivity contribution in [3.05, 3.63) is 46.8 Å². The fourth-order valence-electron chi connectivity index (χ4n) is 1.91. The van der Waals surface area contributed by atoms with Crippen molar-refractivity contribution in [1.29, 1.82) is 0 Å². The molecule has 19 heavy (non-hydrogen) atoms. The molecule has 0 saturated heterocycles. The molecule has 2 rings (SSSR count). The Morgan fingerprint density at radius 2 is 2.11 bits per heavy atom. The zero-order valence-corrected chi connectivity index (χ0v) is 11.7. The van der Waals surface area contributed by atoms with Crippen molar-refractivity contribution >= 4 is 17.5 Å². The average Bonchev–Trinajstić information content (AvgIpc) is 2.42. The third-order valence-electron chi connectivity index (χ3n) is 2.99. The highest BCUT2D eigenvalue weighted by Gasteiger charge is 2.08. The number of aryl methyl sites for hydroxylation is 1. The maximum absolute atomic E-state index is 5.82. The van der Waals surface area contributed by atoms with E-state index in [1.807, 2.05) is 25.1 Å². The molecular weight excluding hydrogens is 262 g/mol. The summed E-state index contributed by atoms with van der Waals surface area (Å²) in [4.78, 5) is 8.19. The zero-order valence-electron chi connectivity index (χ0n) is 11.0. The van der Waals surface area contributed by atoms with Gasteiger partial charge in [-0.3, -0.25) is 0 Å². The predicted molar refractivity (Wildman–Crippen MR) is 76.5 cm³/mol. The summed E-state index contributed by atoms with van der Waals surface area (Å²) in [5.74, 6) is 1.60. The molecule has 0 aliphatic rings. The van der Waals surface area contributed by atoms with Gasteiger partial charge in [-0.05, 0) is 29.7 Å². The van der Waals surface area contributed by atoms with Gasteiger partial charge in [-0.25, -0.2) is 9.97 Å². The molecule has 0 bridgehead atoms. The predicted octanol–water partition coefficient (Wildman–Crippen LogP) is 2.71. The van der Waals surface area contributed by atoms with Gasteiger partial charge < -0.3 is 10.5 Å². The monoisotopic (exact) mass is 277 g/mol. The van der Waals surface area contributed by atoms with Crippen LogP contribution in [0.25, 0.3) is 0 Å². The van der Waals surface area contributed by atoms with Crippen LogP contribution in [0.4, 0.5) is 5.95 Å². The van der Waals surface area contributed by atoms with Gasteiger partial charge in [0.05, 0.1) is 7.11 Å². The fraction of sp³-hybridized carbons (Fsp3) is 0.286.